The summed E-state index contributed by atoms with van der Waals surface area (Å²) in [7, 11) is 0. The van der Waals surface area contributed by atoms with Crippen molar-refractivity contribution in [3.05, 3.63) is 6.92 Å². The zero-order chi connectivity index (χ0) is 6.78. The van der Waals surface area contributed by atoms with Crippen LogP contribution in [0.25, 0.3) is 0 Å². The Bertz CT molecular complexity index is 93.7. The van der Waals surface area contributed by atoms with E-state index in [1.165, 1.54) is 0 Å². The number of rotatable bonds is 0. The third kappa shape index (κ3) is 11.7. The summed E-state index contributed by atoms with van der Waals surface area (Å²) in [6.45, 7) is 11.5. The minimum Gasteiger partial charge on any atom is -0.459 e. The zero-order valence-electron chi connectivity index (χ0n) is 5.82. The smallest absolute Gasteiger partial charge is 0.316 e. The minimum absolute atomic E-state index is 0. The topological polar surface area (TPSA) is 26.3 Å². The van der Waals surface area contributed by atoms with Gasteiger partial charge < -0.3 is 4.74 Å². The molecule has 0 heterocycles. The van der Waals surface area contributed by atoms with Gasteiger partial charge in [-0.25, -0.2) is 0 Å². The molecule has 7 radical (unpaired) electrons. The number of esters is 1. The fourth-order valence-electron chi connectivity index (χ4n) is 0.278. The molecule has 0 aromatic rings. The number of hydrogen-bond donors (Lipinski definition) is 0. The Labute approximate surface area is 72.9 Å². The van der Waals surface area contributed by atoms with Gasteiger partial charge in [0, 0.05) is 23.9 Å². The molecule has 0 amide bonds. The van der Waals surface area contributed by atoms with E-state index in [0.717, 1.165) is 0 Å². The summed E-state index contributed by atoms with van der Waals surface area (Å²) in [4.78, 5) is 9.90. The van der Waals surface area contributed by atoms with Crippen LogP contribution in [0.2, 0.25) is 0 Å². The van der Waals surface area contributed by atoms with E-state index in [4.69, 9.17) is 6.92 Å². The summed E-state index contributed by atoms with van der Waals surface area (Å²) < 4.78 is 4.47. The summed E-state index contributed by atoms with van der Waals surface area (Å²) in [5.41, 5.74) is -0.515. The molecule has 0 bridgehead atoms. The van der Waals surface area contributed by atoms with Crippen molar-refractivity contribution >= 4 is 29.9 Å². The Kier molecular flexibility index (Phi) is 5.52. The maximum absolute atomic E-state index is 9.90. The summed E-state index contributed by atoms with van der Waals surface area (Å²) in [5, 5.41) is 0. The zero-order valence-corrected chi connectivity index (χ0v) is 8.67. The van der Waals surface area contributed by atoms with E-state index < -0.39 is 11.6 Å². The van der Waals surface area contributed by atoms with Crippen molar-refractivity contribution in [2.75, 3.05) is 0 Å². The first kappa shape index (κ1) is 12.0. The molecule has 0 aliphatic carbocycles. The molecule has 0 spiro atoms. The molecule has 0 aliphatic heterocycles. The molecule has 9 heavy (non-hydrogen) atoms. The monoisotopic (exact) mass is 233 g/mol. The number of carbonyl (C=O) groups is 1. The standard InChI is InChI=1S/C6H9O2.Sn/c1-5(7)8-6(2,3)4;/h2-4H3;. The molecule has 3 heteroatoms. The molecule has 0 saturated heterocycles. The van der Waals surface area contributed by atoms with Crippen LogP contribution in [-0.4, -0.2) is 35.5 Å². The Balaban J connectivity index is 0. The number of carbonyl (C=O) groups excluding carboxylic acids is 1. The van der Waals surface area contributed by atoms with E-state index in [1.54, 1.807) is 20.8 Å². The average Bonchev–Trinajstić information content (AvgIpc) is 1.21. The molecular formula is C6H9O2Sn. The van der Waals surface area contributed by atoms with Crippen molar-refractivity contribution in [1.82, 2.24) is 0 Å². The van der Waals surface area contributed by atoms with Crippen molar-refractivity contribution in [2.24, 2.45) is 0 Å². The molecule has 0 rings (SSSR count). The molecular weight excluding hydrogens is 223 g/mol. The van der Waals surface area contributed by atoms with Crippen molar-refractivity contribution in [3.63, 3.8) is 0 Å². The third-order valence-electron chi connectivity index (χ3n) is 0.399. The van der Waals surface area contributed by atoms with E-state index in [1.807, 2.05) is 0 Å². The van der Waals surface area contributed by atoms with Crippen LogP contribution >= 0.6 is 0 Å². The maximum Gasteiger partial charge on any atom is 0.316 e. The molecule has 0 aliphatic rings. The molecule has 0 saturated carbocycles. The summed E-state index contributed by atoms with van der Waals surface area (Å²) >= 11 is 0. The molecule has 0 unspecified atom stereocenters. The van der Waals surface area contributed by atoms with Crippen LogP contribution in [0.15, 0.2) is 0 Å². The second-order valence-electron chi connectivity index (χ2n) is 2.50. The molecule has 0 N–H and O–H groups in total. The fourth-order valence-corrected chi connectivity index (χ4v) is 0.278. The van der Waals surface area contributed by atoms with Gasteiger partial charge in [0.15, 0.2) is 0 Å². The van der Waals surface area contributed by atoms with E-state index in [2.05, 4.69) is 4.74 Å². The summed E-state index contributed by atoms with van der Waals surface area (Å²) in [5.74, 6) is -0.975. The molecule has 0 aromatic heterocycles. The van der Waals surface area contributed by atoms with Crippen LogP contribution in [0.5, 0.6) is 0 Å². The van der Waals surface area contributed by atoms with Gasteiger partial charge in [-0.2, -0.15) is 0 Å². The molecule has 49 valence electrons. The Morgan fingerprint density at radius 3 is 1.78 bits per heavy atom. The molecule has 0 aromatic carbocycles. The van der Waals surface area contributed by atoms with Gasteiger partial charge >= 0.3 is 5.97 Å². The normalized spacial score (nSPS) is 9.78. The van der Waals surface area contributed by atoms with E-state index in [0.29, 0.717) is 0 Å². The van der Waals surface area contributed by atoms with Gasteiger partial charge in [0.1, 0.15) is 12.5 Å². The van der Waals surface area contributed by atoms with Crippen LogP contribution in [-0.2, 0) is 9.53 Å². The van der Waals surface area contributed by atoms with E-state index >= 15 is 0 Å². The Hall–Kier alpha value is 0.269. The number of hydrogen-bond acceptors (Lipinski definition) is 2. The van der Waals surface area contributed by atoms with Crippen molar-refractivity contribution in [3.8, 4) is 0 Å². The van der Waals surface area contributed by atoms with Gasteiger partial charge in [0.2, 0.25) is 0 Å². The van der Waals surface area contributed by atoms with E-state index in [-0.39, 0.29) is 23.9 Å². The van der Waals surface area contributed by atoms with Crippen molar-refractivity contribution in [1.29, 1.82) is 0 Å². The van der Waals surface area contributed by atoms with Gasteiger partial charge in [-0.05, 0) is 20.8 Å². The van der Waals surface area contributed by atoms with Gasteiger partial charge in [0.05, 0.1) is 0 Å². The quantitative estimate of drug-likeness (QED) is 0.449. The molecule has 2 nitrogen and oxygen atoms in total. The van der Waals surface area contributed by atoms with Gasteiger partial charge in [0.25, 0.3) is 0 Å². The fraction of sp³-hybridized carbons (Fsp3) is 0.667. The van der Waals surface area contributed by atoms with Crippen molar-refractivity contribution < 1.29 is 9.53 Å². The van der Waals surface area contributed by atoms with Gasteiger partial charge in [-0.15, -0.1) is 0 Å². The molecule has 0 atom stereocenters. The van der Waals surface area contributed by atoms with E-state index in [9.17, 15) is 4.79 Å². The predicted molar refractivity (Wildman–Crippen MR) is 34.8 cm³/mol. The van der Waals surface area contributed by atoms with Crippen LogP contribution in [0.1, 0.15) is 20.8 Å². The first-order valence-electron chi connectivity index (χ1n) is 2.36. The first-order chi connectivity index (χ1) is 3.42. The van der Waals surface area contributed by atoms with Crippen LogP contribution < -0.4 is 0 Å². The van der Waals surface area contributed by atoms with Gasteiger partial charge in [-0.1, -0.05) is 0 Å². The van der Waals surface area contributed by atoms with Crippen LogP contribution in [0, 0.1) is 6.92 Å². The first-order valence-corrected chi connectivity index (χ1v) is 2.36. The largest absolute Gasteiger partial charge is 0.459 e. The average molecular weight is 232 g/mol. The number of ether oxygens (including phenoxy) is 1. The minimum atomic E-state index is -0.975. The Morgan fingerprint density at radius 1 is 1.44 bits per heavy atom. The summed E-state index contributed by atoms with van der Waals surface area (Å²) in [6.07, 6.45) is 0. The van der Waals surface area contributed by atoms with Crippen LogP contribution in [0.3, 0.4) is 0 Å². The summed E-state index contributed by atoms with van der Waals surface area (Å²) in [6, 6.07) is 0. The maximum atomic E-state index is 9.90. The second kappa shape index (κ2) is 4.14. The van der Waals surface area contributed by atoms with Gasteiger partial charge in [-0.3, -0.25) is 4.79 Å². The second-order valence-corrected chi connectivity index (χ2v) is 2.50. The van der Waals surface area contributed by atoms with Crippen molar-refractivity contribution in [2.45, 2.75) is 26.4 Å². The predicted octanol–water partition coefficient (Wildman–Crippen LogP) is 0.535. The molecule has 0 fully saturated rings. The SMILES string of the molecule is [C]C(=O)OC(C)(C)C.[Sn]. The third-order valence-corrected chi connectivity index (χ3v) is 0.399. The Morgan fingerprint density at radius 2 is 1.78 bits per heavy atom. The van der Waals surface area contributed by atoms with Crippen LogP contribution in [0.4, 0.5) is 0 Å².